The highest BCUT2D eigenvalue weighted by Gasteiger charge is 2.23. The Hall–Kier alpha value is -4.74. The highest BCUT2D eigenvalue weighted by molar-refractivity contribution is 6.07. The first-order valence-corrected chi connectivity index (χ1v) is 9.85. The highest BCUT2D eigenvalue weighted by atomic mass is 16.4. The first-order chi connectivity index (χ1) is 16.1. The lowest BCUT2D eigenvalue weighted by Crippen LogP contribution is -2.42. The van der Waals surface area contributed by atoms with E-state index in [0.29, 0.717) is 0 Å². The molecular formula is C22H21N3O9. The lowest BCUT2D eigenvalue weighted by molar-refractivity contribution is -0.142. The summed E-state index contributed by atoms with van der Waals surface area (Å²) in [5.41, 5.74) is -0.320. The number of benzene rings is 2. The quantitative estimate of drug-likeness (QED) is 0.262. The minimum Gasteiger partial charge on any atom is -0.480 e. The van der Waals surface area contributed by atoms with Crippen LogP contribution in [0.4, 0.5) is 11.4 Å². The van der Waals surface area contributed by atoms with E-state index in [9.17, 15) is 33.9 Å². The van der Waals surface area contributed by atoms with Crippen LogP contribution in [0.5, 0.6) is 0 Å². The number of carbonyl (C=O) groups is 6. The molecule has 0 bridgehead atoms. The zero-order valence-electron chi connectivity index (χ0n) is 17.6. The lowest BCUT2D eigenvalue weighted by atomic mass is 10.1. The number of aromatic carboxylic acids is 2. The van der Waals surface area contributed by atoms with Crippen LogP contribution in [0, 0.1) is 0 Å². The van der Waals surface area contributed by atoms with Gasteiger partial charge in [0.25, 0.3) is 0 Å². The Morgan fingerprint density at radius 3 is 1.62 bits per heavy atom. The lowest BCUT2D eigenvalue weighted by Gasteiger charge is -2.15. The van der Waals surface area contributed by atoms with Gasteiger partial charge in [-0.05, 0) is 30.7 Å². The number of carbonyl (C=O) groups excluding carboxylic acids is 3. The van der Waals surface area contributed by atoms with E-state index in [1.807, 2.05) is 0 Å². The molecule has 178 valence electrons. The maximum Gasteiger partial charge on any atom is 0.337 e. The Labute approximate surface area is 192 Å². The molecule has 0 heterocycles. The first kappa shape index (κ1) is 25.5. The van der Waals surface area contributed by atoms with Crippen molar-refractivity contribution >= 4 is 47.0 Å². The van der Waals surface area contributed by atoms with Gasteiger partial charge in [-0.2, -0.15) is 0 Å². The van der Waals surface area contributed by atoms with E-state index in [2.05, 4.69) is 16.0 Å². The van der Waals surface area contributed by atoms with Crippen molar-refractivity contribution in [2.75, 3.05) is 10.6 Å². The fourth-order valence-electron chi connectivity index (χ4n) is 2.89. The molecule has 0 radical (unpaired) electrons. The third kappa shape index (κ3) is 7.44. The third-order valence-electron chi connectivity index (χ3n) is 4.48. The van der Waals surface area contributed by atoms with Gasteiger partial charge in [0.05, 0.1) is 22.5 Å². The Morgan fingerprint density at radius 2 is 1.15 bits per heavy atom. The molecule has 0 saturated carbocycles. The van der Waals surface area contributed by atoms with Crippen LogP contribution in [0.15, 0.2) is 48.5 Å². The van der Waals surface area contributed by atoms with Crippen molar-refractivity contribution in [3.63, 3.8) is 0 Å². The second-order valence-corrected chi connectivity index (χ2v) is 6.97. The molecule has 0 saturated heterocycles. The summed E-state index contributed by atoms with van der Waals surface area (Å²) in [6.07, 6.45) is -1.47. The van der Waals surface area contributed by atoms with Crippen molar-refractivity contribution in [3.8, 4) is 0 Å². The normalized spacial score (nSPS) is 11.1. The Morgan fingerprint density at radius 1 is 0.676 bits per heavy atom. The van der Waals surface area contributed by atoms with Crippen LogP contribution in [-0.2, 0) is 19.2 Å². The molecule has 1 unspecified atom stereocenters. The maximum atomic E-state index is 12.1. The highest BCUT2D eigenvalue weighted by Crippen LogP contribution is 2.16. The molecule has 0 aromatic heterocycles. The van der Waals surface area contributed by atoms with Crippen molar-refractivity contribution in [3.05, 3.63) is 59.7 Å². The molecule has 0 spiro atoms. The molecule has 1 atom stereocenters. The number of carboxylic acid groups (broad SMARTS) is 3. The van der Waals surface area contributed by atoms with Gasteiger partial charge < -0.3 is 31.3 Å². The van der Waals surface area contributed by atoms with Crippen molar-refractivity contribution in [1.29, 1.82) is 0 Å². The SMILES string of the molecule is O=C(CCC(NC(=O)CC(=O)Nc1ccccc1C(=O)O)C(=O)O)Nc1ccccc1C(=O)O. The molecule has 0 fully saturated rings. The van der Waals surface area contributed by atoms with Crippen molar-refractivity contribution in [2.45, 2.75) is 25.3 Å². The molecule has 2 aromatic rings. The fourth-order valence-corrected chi connectivity index (χ4v) is 2.89. The predicted molar refractivity (Wildman–Crippen MR) is 117 cm³/mol. The maximum absolute atomic E-state index is 12.1. The number of anilines is 2. The van der Waals surface area contributed by atoms with Crippen LogP contribution in [0.1, 0.15) is 40.0 Å². The van der Waals surface area contributed by atoms with Gasteiger partial charge in [0, 0.05) is 6.42 Å². The largest absolute Gasteiger partial charge is 0.480 e. The summed E-state index contributed by atoms with van der Waals surface area (Å²) in [4.78, 5) is 70.2. The zero-order valence-corrected chi connectivity index (χ0v) is 17.6. The third-order valence-corrected chi connectivity index (χ3v) is 4.48. The standard InChI is InChI=1S/C22H21N3O9/c26-17(23-14-7-3-1-5-12(14)20(29)30)10-9-16(22(33)34)25-19(28)11-18(27)24-15-8-4-2-6-13(15)21(31)32/h1-8,16H,9-11H2,(H,23,26)(H,24,27)(H,25,28)(H,29,30)(H,31,32)(H,33,34). The summed E-state index contributed by atoms with van der Waals surface area (Å²) in [6, 6.07) is 9.71. The topological polar surface area (TPSA) is 199 Å². The molecule has 2 rings (SSSR count). The van der Waals surface area contributed by atoms with Crippen LogP contribution in [0.3, 0.4) is 0 Å². The summed E-state index contributed by atoms with van der Waals surface area (Å²) >= 11 is 0. The molecule has 12 nitrogen and oxygen atoms in total. The van der Waals surface area contributed by atoms with Crippen LogP contribution >= 0.6 is 0 Å². The Bertz CT molecular complexity index is 1130. The number of amides is 3. The van der Waals surface area contributed by atoms with Crippen molar-refractivity contribution in [2.24, 2.45) is 0 Å². The van der Waals surface area contributed by atoms with Gasteiger partial charge in [0.1, 0.15) is 12.5 Å². The van der Waals surface area contributed by atoms with Gasteiger partial charge >= 0.3 is 17.9 Å². The number of carboxylic acids is 3. The Kier molecular flexibility index (Phi) is 8.83. The summed E-state index contributed by atoms with van der Waals surface area (Å²) in [5, 5.41) is 34.4. The summed E-state index contributed by atoms with van der Waals surface area (Å²) in [7, 11) is 0. The molecule has 0 aliphatic rings. The fraction of sp³-hybridized carbons (Fsp3) is 0.182. The average molecular weight is 471 g/mol. The number of nitrogens with one attached hydrogen (secondary N) is 3. The van der Waals surface area contributed by atoms with E-state index in [4.69, 9.17) is 10.2 Å². The van der Waals surface area contributed by atoms with Crippen LogP contribution in [0.2, 0.25) is 0 Å². The van der Waals surface area contributed by atoms with Gasteiger partial charge in [-0.15, -0.1) is 0 Å². The molecule has 34 heavy (non-hydrogen) atoms. The molecule has 6 N–H and O–H groups in total. The zero-order chi connectivity index (χ0) is 25.3. The molecule has 2 aromatic carbocycles. The van der Waals surface area contributed by atoms with Crippen LogP contribution in [-0.4, -0.2) is 57.0 Å². The van der Waals surface area contributed by atoms with Crippen molar-refractivity contribution in [1.82, 2.24) is 5.32 Å². The minimum absolute atomic E-state index is 0.0269. The first-order valence-electron chi connectivity index (χ1n) is 9.85. The number of aliphatic carboxylic acids is 1. The molecule has 3 amide bonds. The average Bonchev–Trinajstić information content (AvgIpc) is 2.76. The smallest absolute Gasteiger partial charge is 0.337 e. The summed E-state index contributed by atoms with van der Waals surface area (Å²) in [6.45, 7) is 0. The van der Waals surface area contributed by atoms with Gasteiger partial charge in [-0.1, -0.05) is 24.3 Å². The van der Waals surface area contributed by atoms with E-state index >= 15 is 0 Å². The van der Waals surface area contributed by atoms with E-state index in [-0.39, 0.29) is 35.3 Å². The molecule has 0 aliphatic heterocycles. The van der Waals surface area contributed by atoms with Gasteiger partial charge in [0.2, 0.25) is 17.7 Å². The number of rotatable bonds is 11. The number of para-hydroxylation sites is 2. The van der Waals surface area contributed by atoms with Gasteiger partial charge in [0.15, 0.2) is 0 Å². The summed E-state index contributed by atoms with van der Waals surface area (Å²) < 4.78 is 0. The minimum atomic E-state index is -1.49. The van der Waals surface area contributed by atoms with E-state index in [1.165, 1.54) is 48.5 Å². The molecular weight excluding hydrogens is 450 g/mol. The number of hydrogen-bond acceptors (Lipinski definition) is 6. The van der Waals surface area contributed by atoms with Crippen LogP contribution < -0.4 is 16.0 Å². The molecule has 12 heteroatoms. The van der Waals surface area contributed by atoms with Gasteiger partial charge in [-0.3, -0.25) is 14.4 Å². The Balaban J connectivity index is 1.91. The second kappa shape index (κ2) is 11.8. The van der Waals surface area contributed by atoms with Crippen molar-refractivity contribution < 1.29 is 44.1 Å². The molecule has 0 aliphatic carbocycles. The summed E-state index contributed by atoms with van der Waals surface area (Å²) in [5.74, 6) is -6.46. The second-order valence-electron chi connectivity index (χ2n) is 6.97. The monoisotopic (exact) mass is 471 g/mol. The number of hydrogen-bond donors (Lipinski definition) is 6. The van der Waals surface area contributed by atoms with Crippen LogP contribution in [0.25, 0.3) is 0 Å². The van der Waals surface area contributed by atoms with E-state index in [1.54, 1.807) is 0 Å². The van der Waals surface area contributed by atoms with E-state index < -0.39 is 48.1 Å². The van der Waals surface area contributed by atoms with E-state index in [0.717, 1.165) is 0 Å². The predicted octanol–water partition coefficient (Wildman–Crippen LogP) is 1.40. The van der Waals surface area contributed by atoms with Gasteiger partial charge in [-0.25, -0.2) is 14.4 Å².